The van der Waals surface area contributed by atoms with E-state index in [1.54, 1.807) is 49.4 Å². The maximum atomic E-state index is 12.1. The fourth-order valence-corrected chi connectivity index (χ4v) is 2.38. The number of benzene rings is 2. The quantitative estimate of drug-likeness (QED) is 0.570. The Morgan fingerprint density at radius 1 is 1.00 bits per heavy atom. The lowest BCUT2D eigenvalue weighted by atomic mass is 10.1. The first-order valence-electron chi connectivity index (χ1n) is 8.99. The van der Waals surface area contributed by atoms with Crippen LogP contribution >= 0.6 is 0 Å². The maximum Gasteiger partial charge on any atom is 0.330 e. The van der Waals surface area contributed by atoms with E-state index in [0.717, 1.165) is 16.7 Å². The molecule has 2 rings (SSSR count). The molecule has 28 heavy (non-hydrogen) atoms. The van der Waals surface area contributed by atoms with Gasteiger partial charge < -0.3 is 15.4 Å². The predicted molar refractivity (Wildman–Crippen MR) is 109 cm³/mol. The number of amides is 2. The van der Waals surface area contributed by atoms with Crippen LogP contribution in [0.15, 0.2) is 48.5 Å². The van der Waals surface area contributed by atoms with Crippen LogP contribution in [0.5, 0.6) is 0 Å². The Labute approximate surface area is 164 Å². The third-order valence-electron chi connectivity index (χ3n) is 4.07. The monoisotopic (exact) mass is 380 g/mol. The third-order valence-corrected chi connectivity index (χ3v) is 4.07. The number of hydrogen-bond acceptors (Lipinski definition) is 4. The number of carbonyl (C=O) groups excluding carboxylic acids is 3. The standard InChI is InChI=1S/C22H24N2O4/c1-4-28-21(26)12-8-17-6-10-19(11-7-17)24-20(25)14-23-22(27)18-9-5-15(2)16(3)13-18/h5-13H,4,14H2,1-3H3,(H,23,27)(H,24,25)/b12-8+. The van der Waals surface area contributed by atoms with Crippen molar-refractivity contribution in [1.29, 1.82) is 0 Å². The summed E-state index contributed by atoms with van der Waals surface area (Å²) >= 11 is 0. The molecule has 146 valence electrons. The Balaban J connectivity index is 1.84. The molecule has 6 heteroatoms. The van der Waals surface area contributed by atoms with Gasteiger partial charge in [-0.25, -0.2) is 4.79 Å². The highest BCUT2D eigenvalue weighted by Crippen LogP contribution is 2.11. The number of carbonyl (C=O) groups is 3. The number of ether oxygens (including phenoxy) is 1. The zero-order valence-corrected chi connectivity index (χ0v) is 16.2. The zero-order valence-electron chi connectivity index (χ0n) is 16.2. The highest BCUT2D eigenvalue weighted by Gasteiger charge is 2.09. The molecule has 0 atom stereocenters. The molecule has 0 fully saturated rings. The van der Waals surface area contributed by atoms with Crippen LogP contribution in [0.2, 0.25) is 0 Å². The second-order valence-electron chi connectivity index (χ2n) is 6.24. The summed E-state index contributed by atoms with van der Waals surface area (Å²) in [6.07, 6.45) is 2.98. The number of aryl methyl sites for hydroxylation is 2. The third kappa shape index (κ3) is 6.39. The summed E-state index contributed by atoms with van der Waals surface area (Å²) in [5.41, 5.74) is 4.05. The summed E-state index contributed by atoms with van der Waals surface area (Å²) in [7, 11) is 0. The first-order valence-corrected chi connectivity index (χ1v) is 8.99. The van der Waals surface area contributed by atoms with Crippen LogP contribution in [0.25, 0.3) is 6.08 Å². The van der Waals surface area contributed by atoms with Gasteiger partial charge in [-0.05, 0) is 67.8 Å². The van der Waals surface area contributed by atoms with Crippen molar-refractivity contribution in [3.8, 4) is 0 Å². The molecule has 6 nitrogen and oxygen atoms in total. The molecule has 0 unspecified atom stereocenters. The van der Waals surface area contributed by atoms with E-state index in [4.69, 9.17) is 4.74 Å². The fraction of sp³-hybridized carbons (Fsp3) is 0.227. The molecular weight excluding hydrogens is 356 g/mol. The lowest BCUT2D eigenvalue weighted by molar-refractivity contribution is -0.137. The summed E-state index contributed by atoms with van der Waals surface area (Å²) in [5, 5.41) is 5.32. The summed E-state index contributed by atoms with van der Waals surface area (Å²) < 4.78 is 4.81. The van der Waals surface area contributed by atoms with Crippen molar-refractivity contribution in [2.45, 2.75) is 20.8 Å². The minimum Gasteiger partial charge on any atom is -0.463 e. The van der Waals surface area contributed by atoms with Gasteiger partial charge >= 0.3 is 5.97 Å². The Morgan fingerprint density at radius 2 is 1.71 bits per heavy atom. The topological polar surface area (TPSA) is 84.5 Å². The van der Waals surface area contributed by atoms with E-state index in [1.807, 2.05) is 19.9 Å². The number of hydrogen-bond donors (Lipinski definition) is 2. The van der Waals surface area contributed by atoms with Gasteiger partial charge in [0.15, 0.2) is 0 Å². The highest BCUT2D eigenvalue weighted by molar-refractivity contribution is 5.99. The largest absolute Gasteiger partial charge is 0.463 e. The summed E-state index contributed by atoms with van der Waals surface area (Å²) in [6.45, 7) is 5.85. The maximum absolute atomic E-state index is 12.1. The SMILES string of the molecule is CCOC(=O)/C=C/c1ccc(NC(=O)CNC(=O)c2ccc(C)c(C)c2)cc1. The predicted octanol–water partition coefficient (Wildman–Crippen LogP) is 3.25. The lowest BCUT2D eigenvalue weighted by Gasteiger charge is -2.08. The summed E-state index contributed by atoms with van der Waals surface area (Å²) in [5.74, 6) is -1.02. The van der Waals surface area contributed by atoms with Gasteiger partial charge in [0.2, 0.25) is 5.91 Å². The number of anilines is 1. The average molecular weight is 380 g/mol. The Hall–Kier alpha value is -3.41. The van der Waals surface area contributed by atoms with Crippen LogP contribution < -0.4 is 10.6 Å². The smallest absolute Gasteiger partial charge is 0.330 e. The van der Waals surface area contributed by atoms with E-state index in [2.05, 4.69) is 10.6 Å². The molecule has 0 radical (unpaired) electrons. The van der Waals surface area contributed by atoms with E-state index in [9.17, 15) is 14.4 Å². The van der Waals surface area contributed by atoms with Crippen molar-refractivity contribution in [1.82, 2.24) is 5.32 Å². The van der Waals surface area contributed by atoms with Crippen LogP contribution in [0, 0.1) is 13.8 Å². The molecule has 0 heterocycles. The highest BCUT2D eigenvalue weighted by atomic mass is 16.5. The van der Waals surface area contributed by atoms with Crippen molar-refractivity contribution in [3.05, 3.63) is 70.8 Å². The van der Waals surface area contributed by atoms with Gasteiger partial charge in [0.05, 0.1) is 13.2 Å². The van der Waals surface area contributed by atoms with E-state index < -0.39 is 5.97 Å². The van der Waals surface area contributed by atoms with E-state index >= 15 is 0 Å². The first kappa shape index (κ1) is 20.9. The van der Waals surface area contributed by atoms with Gasteiger partial charge in [-0.15, -0.1) is 0 Å². The van der Waals surface area contributed by atoms with Gasteiger partial charge in [-0.1, -0.05) is 18.2 Å². The van der Waals surface area contributed by atoms with Crippen LogP contribution in [-0.4, -0.2) is 30.9 Å². The van der Waals surface area contributed by atoms with Crippen molar-refractivity contribution >= 4 is 29.5 Å². The van der Waals surface area contributed by atoms with Crippen molar-refractivity contribution in [2.24, 2.45) is 0 Å². The van der Waals surface area contributed by atoms with Crippen LogP contribution in [0.1, 0.15) is 34.0 Å². The second-order valence-corrected chi connectivity index (χ2v) is 6.24. The number of esters is 1. The average Bonchev–Trinajstić information content (AvgIpc) is 2.68. The summed E-state index contributed by atoms with van der Waals surface area (Å²) in [6, 6.07) is 12.4. The molecule has 0 saturated carbocycles. The van der Waals surface area contributed by atoms with Crippen molar-refractivity contribution < 1.29 is 19.1 Å². The van der Waals surface area contributed by atoms with E-state index in [0.29, 0.717) is 17.9 Å². The normalized spacial score (nSPS) is 10.5. The van der Waals surface area contributed by atoms with Gasteiger partial charge in [0.1, 0.15) is 0 Å². The van der Waals surface area contributed by atoms with Crippen LogP contribution in [-0.2, 0) is 14.3 Å². The Bertz CT molecular complexity index is 886. The molecule has 0 spiro atoms. The second kappa shape index (κ2) is 10.1. The molecule has 2 amide bonds. The van der Waals surface area contributed by atoms with Gasteiger partial charge in [0, 0.05) is 17.3 Å². The molecule has 0 bridgehead atoms. The van der Waals surface area contributed by atoms with Gasteiger partial charge in [-0.3, -0.25) is 9.59 Å². The Morgan fingerprint density at radius 3 is 2.36 bits per heavy atom. The van der Waals surface area contributed by atoms with E-state index in [-0.39, 0.29) is 18.4 Å². The van der Waals surface area contributed by atoms with Crippen LogP contribution in [0.4, 0.5) is 5.69 Å². The Kier molecular flexibility index (Phi) is 7.51. The van der Waals surface area contributed by atoms with E-state index in [1.165, 1.54) is 6.08 Å². The molecule has 0 aromatic heterocycles. The first-order chi connectivity index (χ1) is 13.4. The molecule has 0 aliphatic rings. The molecule has 0 saturated heterocycles. The van der Waals surface area contributed by atoms with Crippen molar-refractivity contribution in [3.63, 3.8) is 0 Å². The zero-order chi connectivity index (χ0) is 20.5. The lowest BCUT2D eigenvalue weighted by Crippen LogP contribution is -2.32. The van der Waals surface area contributed by atoms with Gasteiger partial charge in [0.25, 0.3) is 5.91 Å². The molecular formula is C22H24N2O4. The minimum atomic E-state index is -0.403. The van der Waals surface area contributed by atoms with Crippen molar-refractivity contribution in [2.75, 3.05) is 18.5 Å². The number of rotatable bonds is 7. The van der Waals surface area contributed by atoms with Crippen LogP contribution in [0.3, 0.4) is 0 Å². The fourth-order valence-electron chi connectivity index (χ4n) is 2.38. The molecule has 2 aromatic carbocycles. The molecule has 2 N–H and O–H groups in total. The van der Waals surface area contributed by atoms with Gasteiger partial charge in [-0.2, -0.15) is 0 Å². The molecule has 2 aromatic rings. The minimum absolute atomic E-state index is 0.129. The molecule has 0 aliphatic carbocycles. The number of nitrogens with one attached hydrogen (secondary N) is 2. The summed E-state index contributed by atoms with van der Waals surface area (Å²) in [4.78, 5) is 35.5. The molecule has 0 aliphatic heterocycles.